The van der Waals surface area contributed by atoms with Crippen LogP contribution in [0.2, 0.25) is 0 Å². The molecule has 24 heavy (non-hydrogen) atoms. The van der Waals surface area contributed by atoms with Gasteiger partial charge in [-0.3, -0.25) is 4.79 Å². The number of nitrogens with one attached hydrogen (secondary N) is 2. The van der Waals surface area contributed by atoms with E-state index in [0.29, 0.717) is 24.2 Å². The summed E-state index contributed by atoms with van der Waals surface area (Å²) in [7, 11) is 1.76. The summed E-state index contributed by atoms with van der Waals surface area (Å²) in [6.07, 6.45) is -3.12. The van der Waals surface area contributed by atoms with Gasteiger partial charge in [0.25, 0.3) is 5.91 Å². The second-order valence-electron chi connectivity index (χ2n) is 5.32. The molecule has 0 aliphatic heterocycles. The summed E-state index contributed by atoms with van der Waals surface area (Å²) in [6.45, 7) is 2.63. The highest BCUT2D eigenvalue weighted by Gasteiger charge is 2.40. The molecular formula is C16H19F3N4O. The average molecular weight is 340 g/mol. The fourth-order valence-electron chi connectivity index (χ4n) is 2.33. The molecule has 0 saturated heterocycles. The highest BCUT2D eigenvalue weighted by molar-refractivity contribution is 5.95. The van der Waals surface area contributed by atoms with Gasteiger partial charge in [0, 0.05) is 6.54 Å². The molecular weight excluding hydrogens is 321 g/mol. The van der Waals surface area contributed by atoms with Crippen LogP contribution in [0.1, 0.15) is 28.0 Å². The van der Waals surface area contributed by atoms with Gasteiger partial charge < -0.3 is 10.6 Å². The van der Waals surface area contributed by atoms with E-state index >= 15 is 0 Å². The van der Waals surface area contributed by atoms with Gasteiger partial charge in [-0.1, -0.05) is 18.2 Å². The standard InChI is InChI=1S/C16H19F3N4O/c1-11-6-3-4-7-13(11)23-14(16(17,18)19)12(10-22-23)15(24)21-9-5-8-20-2/h3-4,6-7,10,20H,5,8-9H2,1-2H3,(H,21,24). The van der Waals surface area contributed by atoms with Crippen molar-refractivity contribution < 1.29 is 18.0 Å². The second kappa shape index (κ2) is 7.48. The Balaban J connectivity index is 2.37. The van der Waals surface area contributed by atoms with Gasteiger partial charge in [-0.25, -0.2) is 4.68 Å². The van der Waals surface area contributed by atoms with Crippen molar-refractivity contribution in [2.75, 3.05) is 20.1 Å². The Labute approximate surface area is 137 Å². The Bertz CT molecular complexity index is 710. The lowest BCUT2D eigenvalue weighted by Crippen LogP contribution is -2.29. The van der Waals surface area contributed by atoms with E-state index < -0.39 is 23.3 Å². The molecule has 0 radical (unpaired) electrons. The van der Waals surface area contributed by atoms with Crippen LogP contribution in [0.5, 0.6) is 0 Å². The van der Waals surface area contributed by atoms with Gasteiger partial charge in [0.1, 0.15) is 0 Å². The zero-order valence-corrected chi connectivity index (χ0v) is 13.4. The molecule has 0 bridgehead atoms. The summed E-state index contributed by atoms with van der Waals surface area (Å²) in [6, 6.07) is 6.58. The normalized spacial score (nSPS) is 11.5. The predicted octanol–water partition coefficient (Wildman–Crippen LogP) is 2.54. The van der Waals surface area contributed by atoms with Crippen LogP contribution in [0.4, 0.5) is 13.2 Å². The first kappa shape index (κ1) is 18.0. The Kier molecular flexibility index (Phi) is 5.61. The molecule has 2 aromatic rings. The third-order valence-electron chi connectivity index (χ3n) is 3.52. The molecule has 1 heterocycles. The van der Waals surface area contributed by atoms with Gasteiger partial charge >= 0.3 is 6.18 Å². The van der Waals surface area contributed by atoms with Crippen LogP contribution in [-0.4, -0.2) is 35.8 Å². The molecule has 1 aromatic heterocycles. The maximum absolute atomic E-state index is 13.5. The molecule has 0 spiro atoms. The average Bonchev–Trinajstić information content (AvgIpc) is 2.97. The lowest BCUT2D eigenvalue weighted by Gasteiger charge is -2.14. The quantitative estimate of drug-likeness (QED) is 0.795. The number of carbonyl (C=O) groups is 1. The van der Waals surface area contributed by atoms with Crippen molar-refractivity contribution in [2.24, 2.45) is 0 Å². The summed E-state index contributed by atoms with van der Waals surface area (Å²) in [5, 5.41) is 9.20. The summed E-state index contributed by atoms with van der Waals surface area (Å²) in [5.74, 6) is -0.779. The smallest absolute Gasteiger partial charge is 0.352 e. The highest BCUT2D eigenvalue weighted by atomic mass is 19.4. The molecule has 0 saturated carbocycles. The maximum Gasteiger partial charge on any atom is 0.434 e. The van der Waals surface area contributed by atoms with E-state index in [-0.39, 0.29) is 6.54 Å². The first-order valence-electron chi connectivity index (χ1n) is 7.50. The zero-order chi connectivity index (χ0) is 17.7. The van der Waals surface area contributed by atoms with E-state index in [1.54, 1.807) is 32.2 Å². The van der Waals surface area contributed by atoms with Gasteiger partial charge in [-0.15, -0.1) is 0 Å². The van der Waals surface area contributed by atoms with Crippen molar-refractivity contribution in [3.8, 4) is 5.69 Å². The molecule has 0 aliphatic rings. The Morgan fingerprint density at radius 2 is 1.96 bits per heavy atom. The fourth-order valence-corrected chi connectivity index (χ4v) is 2.33. The number of alkyl halides is 3. The van der Waals surface area contributed by atoms with Crippen LogP contribution in [-0.2, 0) is 6.18 Å². The third-order valence-corrected chi connectivity index (χ3v) is 3.52. The molecule has 0 unspecified atom stereocenters. The van der Waals surface area contributed by atoms with Crippen molar-refractivity contribution >= 4 is 5.91 Å². The van der Waals surface area contributed by atoms with Crippen molar-refractivity contribution in [1.82, 2.24) is 20.4 Å². The van der Waals surface area contributed by atoms with Crippen molar-refractivity contribution in [3.63, 3.8) is 0 Å². The molecule has 1 amide bonds. The third kappa shape index (κ3) is 3.94. The van der Waals surface area contributed by atoms with Crippen LogP contribution in [0.3, 0.4) is 0 Å². The second-order valence-corrected chi connectivity index (χ2v) is 5.32. The topological polar surface area (TPSA) is 58.9 Å². The van der Waals surface area contributed by atoms with Crippen molar-refractivity contribution in [3.05, 3.63) is 47.3 Å². The Morgan fingerprint density at radius 3 is 2.58 bits per heavy atom. The number of amides is 1. The Hall–Kier alpha value is -2.35. The predicted molar refractivity (Wildman–Crippen MR) is 84.2 cm³/mol. The van der Waals surface area contributed by atoms with Crippen LogP contribution < -0.4 is 10.6 Å². The van der Waals surface area contributed by atoms with Crippen molar-refractivity contribution in [1.29, 1.82) is 0 Å². The summed E-state index contributed by atoms with van der Waals surface area (Å²) in [5.41, 5.74) is -0.621. The monoisotopic (exact) mass is 340 g/mol. The van der Waals surface area contributed by atoms with E-state index in [9.17, 15) is 18.0 Å². The number of hydrogen-bond donors (Lipinski definition) is 2. The van der Waals surface area contributed by atoms with E-state index in [1.807, 2.05) is 0 Å². The van der Waals surface area contributed by atoms with Crippen LogP contribution >= 0.6 is 0 Å². The minimum absolute atomic E-state index is 0.284. The summed E-state index contributed by atoms with van der Waals surface area (Å²) >= 11 is 0. The molecule has 2 rings (SSSR count). The van der Waals surface area contributed by atoms with Crippen LogP contribution in [0.15, 0.2) is 30.5 Å². The molecule has 130 valence electrons. The van der Waals surface area contributed by atoms with Gasteiger partial charge in [0.2, 0.25) is 0 Å². The molecule has 8 heteroatoms. The number of aromatic nitrogens is 2. The number of aryl methyl sites for hydroxylation is 1. The number of carbonyl (C=O) groups excluding carboxylic acids is 1. The molecule has 0 aliphatic carbocycles. The fraction of sp³-hybridized carbons (Fsp3) is 0.375. The molecule has 1 aromatic carbocycles. The molecule has 0 atom stereocenters. The number of benzene rings is 1. The minimum Gasteiger partial charge on any atom is -0.352 e. The SMILES string of the molecule is CNCCCNC(=O)c1cnn(-c2ccccc2C)c1C(F)(F)F. The van der Waals surface area contributed by atoms with Gasteiger partial charge in [-0.2, -0.15) is 18.3 Å². The molecule has 5 nitrogen and oxygen atoms in total. The lowest BCUT2D eigenvalue weighted by atomic mass is 10.1. The van der Waals surface area contributed by atoms with E-state index in [4.69, 9.17) is 0 Å². The van der Waals surface area contributed by atoms with Gasteiger partial charge in [-0.05, 0) is 38.6 Å². The number of para-hydroxylation sites is 1. The highest BCUT2D eigenvalue weighted by Crippen LogP contribution is 2.34. The zero-order valence-electron chi connectivity index (χ0n) is 13.4. The Morgan fingerprint density at radius 1 is 1.25 bits per heavy atom. The van der Waals surface area contributed by atoms with Crippen LogP contribution in [0, 0.1) is 6.92 Å². The van der Waals surface area contributed by atoms with Crippen LogP contribution in [0.25, 0.3) is 5.69 Å². The van der Waals surface area contributed by atoms with E-state index in [0.717, 1.165) is 10.9 Å². The van der Waals surface area contributed by atoms with Crippen molar-refractivity contribution in [2.45, 2.75) is 19.5 Å². The lowest BCUT2D eigenvalue weighted by molar-refractivity contribution is -0.143. The largest absolute Gasteiger partial charge is 0.434 e. The first-order chi connectivity index (χ1) is 11.4. The molecule has 0 fully saturated rings. The minimum atomic E-state index is -4.70. The summed E-state index contributed by atoms with van der Waals surface area (Å²) in [4.78, 5) is 12.1. The number of nitrogens with zero attached hydrogens (tertiary/aromatic N) is 2. The number of hydrogen-bond acceptors (Lipinski definition) is 3. The first-order valence-corrected chi connectivity index (χ1v) is 7.50. The van der Waals surface area contributed by atoms with Gasteiger partial charge in [0.05, 0.1) is 17.4 Å². The maximum atomic E-state index is 13.5. The number of halogens is 3. The summed E-state index contributed by atoms with van der Waals surface area (Å²) < 4.78 is 41.3. The van der Waals surface area contributed by atoms with E-state index in [2.05, 4.69) is 15.7 Å². The number of rotatable bonds is 6. The van der Waals surface area contributed by atoms with E-state index in [1.165, 1.54) is 6.07 Å². The van der Waals surface area contributed by atoms with Gasteiger partial charge in [0.15, 0.2) is 5.69 Å². The molecule has 2 N–H and O–H groups in total.